The third-order valence-corrected chi connectivity index (χ3v) is 1.82. The minimum Gasteiger partial charge on any atom is -0.159 e. The molecule has 0 aromatic rings. The summed E-state index contributed by atoms with van der Waals surface area (Å²) in [5.41, 5.74) is 0. The minimum atomic E-state index is -4.33. The summed E-state index contributed by atoms with van der Waals surface area (Å²) in [5.74, 6) is 6.06. The van der Waals surface area contributed by atoms with E-state index < -0.39 is 6.18 Å². The van der Waals surface area contributed by atoms with E-state index in [2.05, 4.69) is 5.92 Å². The average Bonchev–Trinajstić information content (AvgIpc) is 1.94. The number of unbranched alkanes of at least 4 members (excludes halogenated alkanes) is 1. The van der Waals surface area contributed by atoms with E-state index in [1.165, 1.54) is 5.92 Å². The van der Waals surface area contributed by atoms with Crippen LogP contribution in [0, 0.1) is 17.6 Å². The van der Waals surface area contributed by atoms with Crippen molar-refractivity contribution in [2.45, 2.75) is 25.9 Å². The number of hydrogen-bond donors (Lipinski definition) is 0. The molecule has 0 atom stereocenters. The second-order valence-corrected chi connectivity index (χ2v) is 3.22. The summed E-state index contributed by atoms with van der Waals surface area (Å²) in [7, 11) is 0. The Kier molecular flexibility index (Phi) is 6.09. The van der Waals surface area contributed by atoms with Crippen LogP contribution in [-0.4, -0.2) is 11.9 Å². The van der Waals surface area contributed by atoms with Crippen molar-refractivity contribution < 1.29 is 13.2 Å². The van der Waals surface area contributed by atoms with E-state index in [0.717, 1.165) is 5.75 Å². The predicted molar refractivity (Wildman–Crippen MR) is 45.5 cm³/mol. The molecule has 0 saturated carbocycles. The molecule has 0 aliphatic rings. The molecular formula is C8H10F3S. The van der Waals surface area contributed by atoms with Crippen LogP contribution in [0.3, 0.4) is 0 Å². The zero-order valence-corrected chi connectivity index (χ0v) is 7.56. The largest absolute Gasteiger partial charge is 0.457 e. The fourth-order valence-corrected chi connectivity index (χ4v) is 1.07. The highest BCUT2D eigenvalue weighted by Gasteiger charge is 2.22. The molecule has 0 fully saturated rings. The summed E-state index contributed by atoms with van der Waals surface area (Å²) >= 11 is 1.59. The van der Waals surface area contributed by atoms with Gasteiger partial charge in [0.2, 0.25) is 0 Å². The molecule has 0 N–H and O–H groups in total. The summed E-state index contributed by atoms with van der Waals surface area (Å²) in [4.78, 5) is 0. The van der Waals surface area contributed by atoms with Gasteiger partial charge in [-0.1, -0.05) is 12.8 Å². The average molecular weight is 195 g/mol. The number of thioether (sulfide) groups is 1. The molecule has 0 amide bonds. The van der Waals surface area contributed by atoms with Crippen molar-refractivity contribution in [3.8, 4) is 11.8 Å². The van der Waals surface area contributed by atoms with Gasteiger partial charge in [0.15, 0.2) is 0 Å². The Morgan fingerprint density at radius 1 is 1.42 bits per heavy atom. The fraction of sp³-hybridized carbons (Fsp3) is 0.625. The smallest absolute Gasteiger partial charge is 0.159 e. The lowest BCUT2D eigenvalue weighted by atomic mass is 10.3. The lowest BCUT2D eigenvalue weighted by Crippen LogP contribution is -2.01. The van der Waals surface area contributed by atoms with Crippen LogP contribution in [0.4, 0.5) is 13.2 Å². The first-order chi connectivity index (χ1) is 5.56. The fourth-order valence-electron chi connectivity index (χ4n) is 0.524. The zero-order chi connectivity index (χ0) is 9.45. The molecule has 0 nitrogen and oxygen atoms in total. The molecule has 0 rings (SSSR count). The monoisotopic (exact) mass is 195 g/mol. The lowest BCUT2D eigenvalue weighted by molar-refractivity contribution is -0.0697. The second kappa shape index (κ2) is 6.24. The van der Waals surface area contributed by atoms with Gasteiger partial charge in [0.25, 0.3) is 0 Å². The number of rotatable bonds is 4. The zero-order valence-electron chi connectivity index (χ0n) is 6.74. The van der Waals surface area contributed by atoms with Crippen molar-refractivity contribution in [1.82, 2.24) is 0 Å². The Hall–Kier alpha value is -0.300. The number of hydrogen-bond acceptors (Lipinski definition) is 1. The summed E-state index contributed by atoms with van der Waals surface area (Å²) < 4.78 is 34.3. The molecule has 0 aromatic carbocycles. The quantitative estimate of drug-likeness (QED) is 0.490. The first kappa shape index (κ1) is 11.7. The molecular weight excluding hydrogens is 185 g/mol. The Balaban J connectivity index is 3.34. The van der Waals surface area contributed by atoms with Crippen LogP contribution in [0.1, 0.15) is 19.8 Å². The molecule has 4 heteroatoms. The Bertz CT molecular complexity index is 163. The molecule has 0 aliphatic heterocycles. The molecule has 69 valence electrons. The van der Waals surface area contributed by atoms with Crippen molar-refractivity contribution in [2.24, 2.45) is 0 Å². The molecule has 0 aromatic heterocycles. The maximum absolute atomic E-state index is 11.4. The van der Waals surface area contributed by atoms with Crippen LogP contribution in [-0.2, 0) is 0 Å². The van der Waals surface area contributed by atoms with Gasteiger partial charge >= 0.3 is 6.18 Å². The van der Waals surface area contributed by atoms with Gasteiger partial charge in [-0.15, -0.1) is 0 Å². The van der Waals surface area contributed by atoms with Crippen molar-refractivity contribution in [3.05, 3.63) is 5.75 Å². The highest BCUT2D eigenvalue weighted by atomic mass is 32.2. The highest BCUT2D eigenvalue weighted by Crippen LogP contribution is 2.12. The van der Waals surface area contributed by atoms with E-state index in [1.54, 1.807) is 11.8 Å². The molecule has 0 saturated heterocycles. The summed E-state index contributed by atoms with van der Waals surface area (Å²) in [6, 6.07) is 0. The van der Waals surface area contributed by atoms with Crippen molar-refractivity contribution >= 4 is 11.8 Å². The van der Waals surface area contributed by atoms with Crippen LogP contribution in [0.15, 0.2) is 0 Å². The van der Waals surface area contributed by atoms with E-state index in [1.807, 2.05) is 12.7 Å². The van der Waals surface area contributed by atoms with Crippen molar-refractivity contribution in [3.63, 3.8) is 0 Å². The SMILES string of the molecule is C[CH]SCCCC#CC(F)(F)F. The number of halogens is 3. The Morgan fingerprint density at radius 3 is 2.58 bits per heavy atom. The standard InChI is InChI=1S/C8H10F3S/c1-2-12-7-5-3-4-6-8(9,10)11/h2H,3,5,7H2,1H3. The molecule has 1 radical (unpaired) electrons. The van der Waals surface area contributed by atoms with Crippen LogP contribution in [0.5, 0.6) is 0 Å². The van der Waals surface area contributed by atoms with Gasteiger partial charge in [-0.3, -0.25) is 0 Å². The van der Waals surface area contributed by atoms with Gasteiger partial charge in [0, 0.05) is 18.1 Å². The van der Waals surface area contributed by atoms with Crippen LogP contribution in [0.2, 0.25) is 0 Å². The van der Waals surface area contributed by atoms with Gasteiger partial charge in [-0.05, 0) is 12.2 Å². The first-order valence-corrected chi connectivity index (χ1v) is 4.57. The second-order valence-electron chi connectivity index (χ2n) is 2.01. The topological polar surface area (TPSA) is 0 Å². The Morgan fingerprint density at radius 2 is 2.08 bits per heavy atom. The predicted octanol–water partition coefficient (Wildman–Crippen LogP) is 3.25. The van der Waals surface area contributed by atoms with E-state index >= 15 is 0 Å². The normalized spacial score (nSPS) is 10.7. The minimum absolute atomic E-state index is 0.320. The van der Waals surface area contributed by atoms with Crippen molar-refractivity contribution in [1.29, 1.82) is 0 Å². The van der Waals surface area contributed by atoms with Crippen LogP contribution < -0.4 is 0 Å². The van der Waals surface area contributed by atoms with E-state index in [-0.39, 0.29) is 0 Å². The van der Waals surface area contributed by atoms with Gasteiger partial charge in [-0.25, -0.2) is 0 Å². The molecule has 0 aliphatic carbocycles. The van der Waals surface area contributed by atoms with Gasteiger partial charge in [0.1, 0.15) is 0 Å². The lowest BCUT2D eigenvalue weighted by Gasteiger charge is -1.93. The molecule has 12 heavy (non-hydrogen) atoms. The van der Waals surface area contributed by atoms with E-state index in [0.29, 0.717) is 12.8 Å². The molecule has 0 bridgehead atoms. The summed E-state index contributed by atoms with van der Waals surface area (Å²) in [6.07, 6.45) is -3.30. The third-order valence-electron chi connectivity index (χ3n) is 0.961. The van der Waals surface area contributed by atoms with E-state index in [4.69, 9.17) is 0 Å². The van der Waals surface area contributed by atoms with Gasteiger partial charge in [-0.2, -0.15) is 24.9 Å². The number of alkyl halides is 3. The molecule has 0 unspecified atom stereocenters. The molecule has 0 spiro atoms. The highest BCUT2D eigenvalue weighted by molar-refractivity contribution is 8.01. The first-order valence-electron chi connectivity index (χ1n) is 3.52. The third kappa shape index (κ3) is 9.70. The maximum Gasteiger partial charge on any atom is 0.457 e. The van der Waals surface area contributed by atoms with E-state index in [9.17, 15) is 13.2 Å². The summed E-state index contributed by atoms with van der Waals surface area (Å²) in [5, 5.41) is 0. The van der Waals surface area contributed by atoms with Crippen molar-refractivity contribution in [2.75, 3.05) is 5.75 Å². The summed E-state index contributed by atoms with van der Waals surface area (Å²) in [6.45, 7) is 1.89. The van der Waals surface area contributed by atoms with Crippen LogP contribution in [0.25, 0.3) is 0 Å². The van der Waals surface area contributed by atoms with Gasteiger partial charge in [0.05, 0.1) is 0 Å². The van der Waals surface area contributed by atoms with Gasteiger partial charge < -0.3 is 0 Å². The molecule has 0 heterocycles. The Labute approximate surface area is 74.9 Å². The van der Waals surface area contributed by atoms with Crippen LogP contribution >= 0.6 is 11.8 Å². The maximum atomic E-state index is 11.4.